The number of nitrogens with zero attached hydrogens (tertiary/aromatic N) is 1. The molecule has 0 radical (unpaired) electrons. The number of hydrogen-bond donors (Lipinski definition) is 1. The van der Waals surface area contributed by atoms with Crippen molar-refractivity contribution in [2.24, 2.45) is 0 Å². The van der Waals surface area contributed by atoms with Crippen LogP contribution in [-0.4, -0.2) is 35.2 Å². The summed E-state index contributed by atoms with van der Waals surface area (Å²) in [5.41, 5.74) is 0.777. The Balaban J connectivity index is 2.04. The number of halogens is 1. The summed E-state index contributed by atoms with van der Waals surface area (Å²) in [4.78, 5) is 3.89. The van der Waals surface area contributed by atoms with Gasteiger partial charge in [-0.05, 0) is 30.3 Å². The second kappa shape index (κ2) is 8.31. The van der Waals surface area contributed by atoms with Crippen LogP contribution in [-0.2, 0) is 26.2 Å². The third kappa shape index (κ3) is 4.72. The number of benzene rings is 2. The summed E-state index contributed by atoms with van der Waals surface area (Å²) >= 11 is 6.60. The molecule has 0 aliphatic rings. The van der Waals surface area contributed by atoms with Crippen molar-refractivity contribution in [2.75, 3.05) is 18.7 Å². The van der Waals surface area contributed by atoms with E-state index in [2.05, 4.69) is 10.3 Å². The van der Waals surface area contributed by atoms with Gasteiger partial charge >= 0.3 is 0 Å². The molecule has 0 aliphatic carbocycles. The van der Waals surface area contributed by atoms with Gasteiger partial charge in [0.05, 0.1) is 12.0 Å². The smallest absolute Gasteiger partial charge is 0.226 e. The molecule has 29 heavy (non-hydrogen) atoms. The lowest BCUT2D eigenvalue weighted by molar-refractivity contribution is 0.410. The van der Waals surface area contributed by atoms with Crippen LogP contribution in [0.25, 0.3) is 0 Å². The number of para-hydroxylation sites is 1. The summed E-state index contributed by atoms with van der Waals surface area (Å²) < 4.78 is 55.1. The number of anilines is 1. The van der Waals surface area contributed by atoms with E-state index in [4.69, 9.17) is 16.3 Å². The highest BCUT2D eigenvalue weighted by Gasteiger charge is 2.29. The summed E-state index contributed by atoms with van der Waals surface area (Å²) in [5, 5.41) is 3.16. The number of aromatic nitrogens is 1. The van der Waals surface area contributed by atoms with E-state index in [0.29, 0.717) is 10.8 Å². The van der Waals surface area contributed by atoms with Gasteiger partial charge in [0.15, 0.2) is 5.03 Å². The molecule has 1 aromatic heterocycles. The Labute approximate surface area is 178 Å². The standard InChI is InChI=1S/C18H17ClN2O5S3/c1-26-15-6-4-3-5-12(15)11-20-16-17(21-18(27-16)28(2,22)23)29(24,25)14-9-7-13(19)8-10-14/h3-10,20H,11H2,1-2H3. The van der Waals surface area contributed by atoms with Crippen molar-refractivity contribution < 1.29 is 21.6 Å². The summed E-state index contributed by atoms with van der Waals surface area (Å²) in [5.74, 6) is 0.620. The van der Waals surface area contributed by atoms with Gasteiger partial charge in [0.1, 0.15) is 10.8 Å². The van der Waals surface area contributed by atoms with E-state index in [1.165, 1.54) is 31.4 Å². The van der Waals surface area contributed by atoms with Gasteiger partial charge in [0.2, 0.25) is 24.0 Å². The predicted molar refractivity (Wildman–Crippen MR) is 112 cm³/mol. The van der Waals surface area contributed by atoms with Crippen LogP contribution in [0, 0.1) is 0 Å². The fourth-order valence-electron chi connectivity index (χ4n) is 2.49. The van der Waals surface area contributed by atoms with E-state index >= 15 is 0 Å². The number of nitrogens with one attached hydrogen (secondary N) is 1. The Morgan fingerprint density at radius 3 is 2.34 bits per heavy atom. The average molecular weight is 473 g/mol. The maximum absolute atomic E-state index is 13.1. The Morgan fingerprint density at radius 1 is 1.07 bits per heavy atom. The second-order valence-electron chi connectivity index (χ2n) is 6.01. The second-order valence-corrected chi connectivity index (χ2v) is 11.5. The lowest BCUT2D eigenvalue weighted by Gasteiger charge is -2.10. The van der Waals surface area contributed by atoms with E-state index < -0.39 is 19.7 Å². The van der Waals surface area contributed by atoms with Crippen molar-refractivity contribution in [1.82, 2.24) is 4.98 Å². The summed E-state index contributed by atoms with van der Waals surface area (Å²) in [6, 6.07) is 12.8. The van der Waals surface area contributed by atoms with Gasteiger partial charge in [-0.25, -0.2) is 21.8 Å². The third-order valence-electron chi connectivity index (χ3n) is 3.90. The highest BCUT2D eigenvalue weighted by molar-refractivity contribution is 7.93. The van der Waals surface area contributed by atoms with Crippen molar-refractivity contribution in [2.45, 2.75) is 20.8 Å². The number of sulfone groups is 2. The summed E-state index contributed by atoms with van der Waals surface area (Å²) in [6.07, 6.45) is 0.981. The first-order chi connectivity index (χ1) is 13.6. The molecule has 1 N–H and O–H groups in total. The molecule has 0 bridgehead atoms. The number of rotatable bonds is 7. The topological polar surface area (TPSA) is 102 Å². The number of methoxy groups -OCH3 is 1. The molecule has 0 saturated heterocycles. The van der Waals surface area contributed by atoms with Crippen LogP contribution in [0.15, 0.2) is 62.8 Å². The summed E-state index contributed by atoms with van der Waals surface area (Å²) in [7, 11) is -6.22. The maximum Gasteiger partial charge on any atom is 0.226 e. The van der Waals surface area contributed by atoms with Gasteiger partial charge in [-0.15, -0.1) is 0 Å². The van der Waals surface area contributed by atoms with Gasteiger partial charge in [-0.3, -0.25) is 0 Å². The fraction of sp³-hybridized carbons (Fsp3) is 0.167. The first-order valence-corrected chi connectivity index (χ1v) is 12.8. The van der Waals surface area contributed by atoms with Gasteiger partial charge in [0, 0.05) is 23.4 Å². The highest BCUT2D eigenvalue weighted by Crippen LogP contribution is 2.35. The average Bonchev–Trinajstić information content (AvgIpc) is 3.12. The van der Waals surface area contributed by atoms with Crippen LogP contribution in [0.1, 0.15) is 5.56 Å². The van der Waals surface area contributed by atoms with Crippen LogP contribution in [0.4, 0.5) is 5.00 Å². The van der Waals surface area contributed by atoms with E-state index in [1.807, 2.05) is 18.2 Å². The Hall–Kier alpha value is -2.14. The first-order valence-electron chi connectivity index (χ1n) is 8.20. The van der Waals surface area contributed by atoms with E-state index in [1.54, 1.807) is 6.07 Å². The fourth-order valence-corrected chi connectivity index (χ4v) is 6.13. The molecule has 3 aromatic rings. The Kier molecular flexibility index (Phi) is 6.18. The molecule has 0 aliphatic heterocycles. The number of hydrogen-bond acceptors (Lipinski definition) is 8. The number of thiazole rings is 1. The molecule has 11 heteroatoms. The molecule has 0 spiro atoms. The van der Waals surface area contributed by atoms with Gasteiger partial charge < -0.3 is 10.1 Å². The van der Waals surface area contributed by atoms with Crippen LogP contribution in [0.5, 0.6) is 5.75 Å². The SMILES string of the molecule is COc1ccccc1CNc1sc(S(C)(=O)=O)nc1S(=O)(=O)c1ccc(Cl)cc1. The zero-order chi connectivity index (χ0) is 21.2. The van der Waals surface area contributed by atoms with Crippen LogP contribution in [0.3, 0.4) is 0 Å². The predicted octanol–water partition coefficient (Wildman–Crippen LogP) is 3.65. The summed E-state index contributed by atoms with van der Waals surface area (Å²) in [6.45, 7) is 0.221. The maximum atomic E-state index is 13.1. The zero-order valence-electron chi connectivity index (χ0n) is 15.4. The van der Waals surface area contributed by atoms with Crippen molar-refractivity contribution in [3.63, 3.8) is 0 Å². The van der Waals surface area contributed by atoms with Crippen LogP contribution >= 0.6 is 22.9 Å². The minimum absolute atomic E-state index is 0.0346. The highest BCUT2D eigenvalue weighted by atomic mass is 35.5. The molecular formula is C18H17ClN2O5S3. The van der Waals surface area contributed by atoms with Crippen molar-refractivity contribution in [3.05, 3.63) is 59.1 Å². The van der Waals surface area contributed by atoms with Crippen molar-refractivity contribution >= 4 is 47.6 Å². The van der Waals surface area contributed by atoms with Gasteiger partial charge in [0.25, 0.3) is 0 Å². The number of ether oxygens (including phenoxy) is 1. The minimum Gasteiger partial charge on any atom is -0.496 e. The molecule has 0 unspecified atom stereocenters. The Bertz CT molecular complexity index is 1240. The monoisotopic (exact) mass is 472 g/mol. The van der Waals surface area contributed by atoms with E-state index in [9.17, 15) is 16.8 Å². The van der Waals surface area contributed by atoms with Crippen LogP contribution < -0.4 is 10.1 Å². The normalized spacial score (nSPS) is 12.0. The molecule has 0 amide bonds. The lowest BCUT2D eigenvalue weighted by Crippen LogP contribution is -2.08. The quantitative estimate of drug-likeness (QED) is 0.559. The van der Waals surface area contributed by atoms with E-state index in [-0.39, 0.29) is 25.8 Å². The minimum atomic E-state index is -4.06. The molecule has 0 saturated carbocycles. The van der Waals surface area contributed by atoms with Crippen LogP contribution in [0.2, 0.25) is 5.02 Å². The molecule has 1 heterocycles. The molecule has 0 atom stereocenters. The van der Waals surface area contributed by atoms with Crippen molar-refractivity contribution in [1.29, 1.82) is 0 Å². The lowest BCUT2D eigenvalue weighted by atomic mass is 10.2. The van der Waals surface area contributed by atoms with Gasteiger partial charge in [-0.1, -0.05) is 41.1 Å². The molecular weight excluding hydrogens is 456 g/mol. The van der Waals surface area contributed by atoms with E-state index in [0.717, 1.165) is 23.2 Å². The first kappa shape index (κ1) is 21.6. The Morgan fingerprint density at radius 2 is 1.72 bits per heavy atom. The molecule has 2 aromatic carbocycles. The van der Waals surface area contributed by atoms with Crippen molar-refractivity contribution in [3.8, 4) is 5.75 Å². The third-order valence-corrected chi connectivity index (χ3v) is 8.67. The molecule has 154 valence electrons. The molecule has 7 nitrogen and oxygen atoms in total. The molecule has 0 fully saturated rings. The van der Waals surface area contributed by atoms with Gasteiger partial charge in [-0.2, -0.15) is 0 Å². The zero-order valence-corrected chi connectivity index (χ0v) is 18.6. The largest absolute Gasteiger partial charge is 0.496 e. The molecule has 3 rings (SSSR count).